The lowest BCUT2D eigenvalue weighted by atomic mass is 9.98. The molecule has 1 atom stereocenters. The minimum Gasteiger partial charge on any atom is -0.450 e. The minimum absolute atomic E-state index is 0.0352. The third-order valence-corrected chi connectivity index (χ3v) is 6.26. The number of amides is 1. The van der Waals surface area contributed by atoms with Gasteiger partial charge >= 0.3 is 0 Å². The molecule has 1 unspecified atom stereocenters. The molecule has 0 saturated heterocycles. The molecule has 8 heteroatoms. The number of aromatic nitrogens is 1. The summed E-state index contributed by atoms with van der Waals surface area (Å²) >= 11 is 4.65. The molecule has 0 spiro atoms. The first-order valence-corrected chi connectivity index (χ1v) is 10.4. The number of carbonyl (C=O) groups is 1. The van der Waals surface area contributed by atoms with Gasteiger partial charge in [0.25, 0.3) is 5.91 Å². The van der Waals surface area contributed by atoms with Crippen molar-refractivity contribution in [2.45, 2.75) is 13.0 Å². The van der Waals surface area contributed by atoms with Crippen LogP contribution in [0.3, 0.4) is 0 Å². The number of halogens is 2. The van der Waals surface area contributed by atoms with Gasteiger partial charge in [0.2, 0.25) is 5.76 Å². The van der Waals surface area contributed by atoms with Crippen LogP contribution in [0.1, 0.15) is 33.4 Å². The van der Waals surface area contributed by atoms with Crippen molar-refractivity contribution in [3.63, 3.8) is 0 Å². The Hall–Kier alpha value is -2.84. The Morgan fingerprint density at radius 3 is 2.76 bits per heavy atom. The summed E-state index contributed by atoms with van der Waals surface area (Å²) in [6.45, 7) is 1.82. The highest BCUT2D eigenvalue weighted by Gasteiger charge is 2.44. The molecule has 0 aliphatic carbocycles. The zero-order chi connectivity index (χ0) is 20.3. The number of carbonyl (C=O) groups excluding carboxylic acids is 1. The number of hydrogen-bond donors (Lipinski definition) is 0. The fraction of sp³-hybridized carbons (Fsp3) is 0.0952. The molecule has 0 fully saturated rings. The van der Waals surface area contributed by atoms with Gasteiger partial charge in [-0.25, -0.2) is 9.37 Å². The van der Waals surface area contributed by atoms with Gasteiger partial charge in [-0.2, -0.15) is 0 Å². The molecule has 2 aromatic heterocycles. The minimum atomic E-state index is -0.821. The average Bonchev–Trinajstić information content (AvgIpc) is 3.24. The number of anilines is 1. The van der Waals surface area contributed by atoms with Gasteiger partial charge in [0.15, 0.2) is 10.6 Å². The quantitative estimate of drug-likeness (QED) is 0.403. The SMILES string of the molecule is Cc1csc(N2C(=O)c3oc4ccc(Br)cc4c(=O)c3C2c2cccc(F)c2)n1. The number of nitrogens with zero attached hydrogens (tertiary/aromatic N) is 2. The Morgan fingerprint density at radius 1 is 1.21 bits per heavy atom. The van der Waals surface area contributed by atoms with Gasteiger partial charge in [0.05, 0.1) is 22.7 Å². The molecule has 1 aliphatic heterocycles. The van der Waals surface area contributed by atoms with Gasteiger partial charge in [-0.15, -0.1) is 11.3 Å². The zero-order valence-corrected chi connectivity index (χ0v) is 17.4. The van der Waals surface area contributed by atoms with Crippen molar-refractivity contribution in [3.8, 4) is 0 Å². The maximum Gasteiger partial charge on any atom is 0.297 e. The summed E-state index contributed by atoms with van der Waals surface area (Å²) in [5.41, 5.74) is 1.42. The van der Waals surface area contributed by atoms with E-state index >= 15 is 0 Å². The van der Waals surface area contributed by atoms with Crippen LogP contribution in [0.15, 0.2) is 61.5 Å². The van der Waals surface area contributed by atoms with E-state index in [9.17, 15) is 14.0 Å². The lowest BCUT2D eigenvalue weighted by Gasteiger charge is -2.22. The van der Waals surface area contributed by atoms with Gasteiger partial charge < -0.3 is 4.42 Å². The predicted octanol–water partition coefficient (Wildman–Crippen LogP) is 5.21. The second-order valence-corrected chi connectivity index (χ2v) is 8.47. The summed E-state index contributed by atoms with van der Waals surface area (Å²) in [5.74, 6) is -0.955. The van der Waals surface area contributed by atoms with Crippen molar-refractivity contribution in [1.29, 1.82) is 0 Å². The van der Waals surface area contributed by atoms with Crippen LogP contribution in [0.5, 0.6) is 0 Å². The summed E-state index contributed by atoms with van der Waals surface area (Å²) in [6.07, 6.45) is 0. The Labute approximate surface area is 176 Å². The summed E-state index contributed by atoms with van der Waals surface area (Å²) < 4.78 is 20.6. The largest absolute Gasteiger partial charge is 0.450 e. The van der Waals surface area contributed by atoms with E-state index in [0.29, 0.717) is 21.7 Å². The maximum atomic E-state index is 14.0. The molecule has 1 aliphatic rings. The second kappa shape index (κ2) is 6.60. The van der Waals surface area contributed by atoms with E-state index in [2.05, 4.69) is 20.9 Å². The maximum absolute atomic E-state index is 14.0. The molecule has 4 aromatic rings. The number of benzene rings is 2. The molecule has 144 valence electrons. The summed E-state index contributed by atoms with van der Waals surface area (Å²) in [5, 5.41) is 2.60. The van der Waals surface area contributed by atoms with E-state index in [0.717, 1.165) is 10.2 Å². The van der Waals surface area contributed by atoms with Crippen LogP contribution in [-0.2, 0) is 0 Å². The highest BCUT2D eigenvalue weighted by molar-refractivity contribution is 9.10. The number of thiazole rings is 1. The standard InChI is InChI=1S/C21H12BrFN2O3S/c1-10-9-29-21(24-10)25-17(11-3-2-4-13(23)7-11)16-18(26)14-8-12(22)5-6-15(14)28-19(16)20(25)27/h2-9,17H,1H3. The molecule has 5 rings (SSSR count). The van der Waals surface area contributed by atoms with Crippen molar-refractivity contribution in [2.75, 3.05) is 4.90 Å². The Bertz CT molecular complexity index is 1360. The molecule has 0 saturated carbocycles. The van der Waals surface area contributed by atoms with E-state index in [1.807, 2.05) is 12.3 Å². The molecule has 1 amide bonds. The van der Waals surface area contributed by atoms with Crippen LogP contribution in [0, 0.1) is 12.7 Å². The average molecular weight is 471 g/mol. The van der Waals surface area contributed by atoms with Crippen molar-refractivity contribution < 1.29 is 13.6 Å². The first-order valence-electron chi connectivity index (χ1n) is 8.71. The Balaban J connectivity index is 1.84. The summed E-state index contributed by atoms with van der Waals surface area (Å²) in [4.78, 5) is 32.5. The monoisotopic (exact) mass is 470 g/mol. The highest BCUT2D eigenvalue weighted by Crippen LogP contribution is 2.42. The molecular weight excluding hydrogens is 459 g/mol. The fourth-order valence-corrected chi connectivity index (χ4v) is 4.77. The van der Waals surface area contributed by atoms with Crippen LogP contribution in [-0.4, -0.2) is 10.9 Å². The molecule has 0 bridgehead atoms. The van der Waals surface area contributed by atoms with Crippen LogP contribution < -0.4 is 10.3 Å². The Morgan fingerprint density at radius 2 is 2.03 bits per heavy atom. The lowest BCUT2D eigenvalue weighted by Crippen LogP contribution is -2.29. The zero-order valence-electron chi connectivity index (χ0n) is 15.0. The van der Waals surface area contributed by atoms with E-state index in [1.165, 1.54) is 28.4 Å². The summed E-state index contributed by atoms with van der Waals surface area (Å²) in [6, 6.07) is 10.1. The number of rotatable bonds is 2. The fourth-order valence-electron chi connectivity index (χ4n) is 3.59. The van der Waals surface area contributed by atoms with Crippen molar-refractivity contribution in [1.82, 2.24) is 4.98 Å². The van der Waals surface area contributed by atoms with Crippen molar-refractivity contribution in [2.24, 2.45) is 0 Å². The van der Waals surface area contributed by atoms with E-state index in [1.54, 1.807) is 30.3 Å². The lowest BCUT2D eigenvalue weighted by molar-refractivity contribution is 0.0971. The molecule has 2 aromatic carbocycles. The number of hydrogen-bond acceptors (Lipinski definition) is 5. The van der Waals surface area contributed by atoms with Crippen LogP contribution in [0.4, 0.5) is 9.52 Å². The van der Waals surface area contributed by atoms with E-state index in [-0.39, 0.29) is 16.8 Å². The van der Waals surface area contributed by atoms with Crippen molar-refractivity contribution >= 4 is 49.3 Å². The smallest absolute Gasteiger partial charge is 0.297 e. The molecule has 3 heterocycles. The van der Waals surface area contributed by atoms with E-state index in [4.69, 9.17) is 4.42 Å². The van der Waals surface area contributed by atoms with Gasteiger partial charge in [-0.05, 0) is 42.8 Å². The van der Waals surface area contributed by atoms with Crippen molar-refractivity contribution in [3.05, 3.63) is 90.9 Å². The normalized spacial score (nSPS) is 15.9. The molecule has 0 N–H and O–H groups in total. The number of fused-ring (bicyclic) bond motifs is 2. The van der Waals surface area contributed by atoms with E-state index < -0.39 is 17.8 Å². The second-order valence-electron chi connectivity index (χ2n) is 6.72. The first kappa shape index (κ1) is 18.2. The number of aryl methyl sites for hydroxylation is 1. The van der Waals surface area contributed by atoms with Gasteiger partial charge in [0.1, 0.15) is 11.4 Å². The molecule has 0 radical (unpaired) electrons. The third-order valence-electron chi connectivity index (χ3n) is 4.81. The molecule has 29 heavy (non-hydrogen) atoms. The third kappa shape index (κ3) is 2.82. The summed E-state index contributed by atoms with van der Waals surface area (Å²) in [7, 11) is 0. The highest BCUT2D eigenvalue weighted by atomic mass is 79.9. The Kier molecular flexibility index (Phi) is 4.15. The van der Waals surface area contributed by atoms with Crippen LogP contribution in [0.25, 0.3) is 11.0 Å². The van der Waals surface area contributed by atoms with Crippen LogP contribution >= 0.6 is 27.3 Å². The predicted molar refractivity (Wildman–Crippen MR) is 112 cm³/mol. The molecular formula is C21H12BrFN2O3S. The van der Waals surface area contributed by atoms with Crippen LogP contribution in [0.2, 0.25) is 0 Å². The first-order chi connectivity index (χ1) is 13.9. The topological polar surface area (TPSA) is 63.4 Å². The molecule has 5 nitrogen and oxygen atoms in total. The van der Waals surface area contributed by atoms with Gasteiger partial charge in [-0.3, -0.25) is 14.5 Å². The van der Waals surface area contributed by atoms with Gasteiger partial charge in [-0.1, -0.05) is 28.1 Å². The van der Waals surface area contributed by atoms with Gasteiger partial charge in [0, 0.05) is 9.85 Å².